The van der Waals surface area contributed by atoms with Gasteiger partial charge in [0.1, 0.15) is 17.4 Å². The van der Waals surface area contributed by atoms with Crippen LogP contribution in [0.5, 0.6) is 5.75 Å². The lowest BCUT2D eigenvalue weighted by molar-refractivity contribution is 0.0677. The highest BCUT2D eigenvalue weighted by Crippen LogP contribution is 2.26. The SMILES string of the molecule is CCCCCCN(C(=O)c1ccc(F)cc1)C(C)c1nc2ccccc2c(=O)n1-c1ccc(OC)cc1. The first-order valence-electron chi connectivity index (χ1n) is 12.7. The fourth-order valence-corrected chi connectivity index (χ4v) is 4.49. The standard InChI is InChI=1S/C30H32FN3O3/c1-4-5-6-9-20-33(29(35)22-12-14-23(31)15-13-22)21(2)28-32-27-11-8-7-10-26(27)30(36)34(28)24-16-18-25(37-3)19-17-24/h7-8,10-19,21H,4-6,9,20H2,1-3H3. The van der Waals surface area contributed by atoms with Crippen LogP contribution in [0, 0.1) is 5.82 Å². The summed E-state index contributed by atoms with van der Waals surface area (Å²) in [4.78, 5) is 34.1. The highest BCUT2D eigenvalue weighted by Gasteiger charge is 2.27. The fourth-order valence-electron chi connectivity index (χ4n) is 4.49. The van der Waals surface area contributed by atoms with Gasteiger partial charge in [-0.1, -0.05) is 38.3 Å². The molecule has 0 N–H and O–H groups in total. The average Bonchev–Trinajstić information content (AvgIpc) is 2.93. The summed E-state index contributed by atoms with van der Waals surface area (Å²) in [5.74, 6) is 0.500. The lowest BCUT2D eigenvalue weighted by Crippen LogP contribution is -2.38. The van der Waals surface area contributed by atoms with Gasteiger partial charge in [0.15, 0.2) is 0 Å². The minimum Gasteiger partial charge on any atom is -0.497 e. The number of carbonyl (C=O) groups excluding carboxylic acids is 1. The van der Waals surface area contributed by atoms with Crippen LogP contribution in [0.25, 0.3) is 16.6 Å². The zero-order valence-electron chi connectivity index (χ0n) is 21.5. The Bertz CT molecular complexity index is 1420. The molecule has 192 valence electrons. The molecule has 0 aliphatic rings. The lowest BCUT2D eigenvalue weighted by atomic mass is 10.1. The van der Waals surface area contributed by atoms with Crippen LogP contribution in [0.15, 0.2) is 77.6 Å². The summed E-state index contributed by atoms with van der Waals surface area (Å²) < 4.78 is 20.4. The highest BCUT2D eigenvalue weighted by atomic mass is 19.1. The number of unbranched alkanes of at least 4 members (excludes halogenated alkanes) is 3. The Morgan fingerprint density at radius 2 is 1.70 bits per heavy atom. The van der Waals surface area contributed by atoms with Crippen molar-refractivity contribution in [2.45, 2.75) is 45.6 Å². The van der Waals surface area contributed by atoms with E-state index in [0.29, 0.717) is 40.3 Å². The molecule has 3 aromatic carbocycles. The number of methoxy groups -OCH3 is 1. The number of nitrogens with zero attached hydrogens (tertiary/aromatic N) is 3. The van der Waals surface area contributed by atoms with Gasteiger partial charge in [0.2, 0.25) is 0 Å². The molecule has 0 radical (unpaired) electrons. The van der Waals surface area contributed by atoms with E-state index in [1.807, 2.05) is 19.1 Å². The topological polar surface area (TPSA) is 64.4 Å². The van der Waals surface area contributed by atoms with Crippen molar-refractivity contribution in [3.8, 4) is 11.4 Å². The van der Waals surface area contributed by atoms with Crippen molar-refractivity contribution >= 4 is 16.8 Å². The third-order valence-corrected chi connectivity index (χ3v) is 6.58. The monoisotopic (exact) mass is 501 g/mol. The molecule has 4 aromatic rings. The third kappa shape index (κ3) is 5.71. The van der Waals surface area contributed by atoms with Crippen LogP contribution in [0.1, 0.15) is 61.8 Å². The summed E-state index contributed by atoms with van der Waals surface area (Å²) in [5, 5.41) is 0.494. The first-order valence-corrected chi connectivity index (χ1v) is 12.7. The van der Waals surface area contributed by atoms with Crippen LogP contribution in [-0.4, -0.2) is 34.0 Å². The molecule has 0 saturated heterocycles. The molecule has 6 nitrogen and oxygen atoms in total. The van der Waals surface area contributed by atoms with E-state index in [1.54, 1.807) is 53.0 Å². The van der Waals surface area contributed by atoms with Crippen LogP contribution in [-0.2, 0) is 0 Å². The molecule has 1 atom stereocenters. The van der Waals surface area contributed by atoms with Crippen molar-refractivity contribution in [2.75, 3.05) is 13.7 Å². The Hall–Kier alpha value is -4.00. The minimum atomic E-state index is -0.529. The summed E-state index contributed by atoms with van der Waals surface area (Å²) in [7, 11) is 1.59. The number of aromatic nitrogens is 2. The van der Waals surface area contributed by atoms with Crippen LogP contribution >= 0.6 is 0 Å². The summed E-state index contributed by atoms with van der Waals surface area (Å²) in [5.41, 5.74) is 1.38. The second kappa shape index (κ2) is 11.8. The fraction of sp³-hybridized carbons (Fsp3) is 0.300. The van der Waals surface area contributed by atoms with Crippen molar-refractivity contribution in [1.82, 2.24) is 14.5 Å². The molecule has 37 heavy (non-hydrogen) atoms. The number of ether oxygens (including phenoxy) is 1. The number of para-hydroxylation sites is 1. The molecule has 4 rings (SSSR count). The first-order chi connectivity index (χ1) is 17.9. The van der Waals surface area contributed by atoms with Gasteiger partial charge in [0.05, 0.1) is 29.7 Å². The van der Waals surface area contributed by atoms with Crippen LogP contribution in [0.4, 0.5) is 4.39 Å². The zero-order valence-corrected chi connectivity index (χ0v) is 21.5. The van der Waals surface area contributed by atoms with Crippen molar-refractivity contribution in [3.63, 3.8) is 0 Å². The Morgan fingerprint density at radius 1 is 1.00 bits per heavy atom. The normalized spacial score (nSPS) is 11.9. The molecule has 1 unspecified atom stereocenters. The van der Waals surface area contributed by atoms with E-state index in [4.69, 9.17) is 9.72 Å². The number of amides is 1. The van der Waals surface area contributed by atoms with Gasteiger partial charge in [-0.05, 0) is 74.0 Å². The quantitative estimate of drug-likeness (QED) is 0.239. The van der Waals surface area contributed by atoms with Gasteiger partial charge in [0, 0.05) is 12.1 Å². The molecule has 0 aliphatic carbocycles. The third-order valence-electron chi connectivity index (χ3n) is 6.58. The molecule has 0 bridgehead atoms. The minimum absolute atomic E-state index is 0.210. The molecule has 0 saturated carbocycles. The largest absolute Gasteiger partial charge is 0.497 e. The Labute approximate surface area is 216 Å². The van der Waals surface area contributed by atoms with E-state index < -0.39 is 11.9 Å². The zero-order chi connectivity index (χ0) is 26.4. The summed E-state index contributed by atoms with van der Waals surface area (Å²) in [6.07, 6.45) is 3.93. The number of halogens is 1. The molecule has 1 amide bonds. The van der Waals surface area contributed by atoms with E-state index in [1.165, 1.54) is 24.3 Å². The molecular formula is C30H32FN3O3. The Balaban J connectivity index is 1.84. The number of benzene rings is 3. The predicted octanol–water partition coefficient (Wildman–Crippen LogP) is 6.32. The number of fused-ring (bicyclic) bond motifs is 1. The second-order valence-electron chi connectivity index (χ2n) is 9.07. The van der Waals surface area contributed by atoms with Gasteiger partial charge in [-0.15, -0.1) is 0 Å². The van der Waals surface area contributed by atoms with Crippen molar-refractivity contribution in [1.29, 1.82) is 0 Å². The highest BCUT2D eigenvalue weighted by molar-refractivity contribution is 5.94. The molecule has 1 aromatic heterocycles. The number of carbonyl (C=O) groups is 1. The molecule has 0 fully saturated rings. The van der Waals surface area contributed by atoms with Gasteiger partial charge in [-0.2, -0.15) is 0 Å². The maximum absolute atomic E-state index is 13.8. The number of rotatable bonds is 10. The summed E-state index contributed by atoms with van der Waals surface area (Å²) >= 11 is 0. The second-order valence-corrected chi connectivity index (χ2v) is 9.07. The maximum Gasteiger partial charge on any atom is 0.266 e. The van der Waals surface area contributed by atoms with Gasteiger partial charge in [-0.25, -0.2) is 9.37 Å². The van der Waals surface area contributed by atoms with Gasteiger partial charge < -0.3 is 9.64 Å². The average molecular weight is 502 g/mol. The van der Waals surface area contributed by atoms with E-state index in [9.17, 15) is 14.0 Å². The first kappa shape index (κ1) is 26.1. The molecular weight excluding hydrogens is 469 g/mol. The van der Waals surface area contributed by atoms with Crippen molar-refractivity contribution < 1.29 is 13.9 Å². The van der Waals surface area contributed by atoms with Gasteiger partial charge in [0.25, 0.3) is 11.5 Å². The van der Waals surface area contributed by atoms with Crippen molar-refractivity contribution in [3.05, 3.63) is 100 Å². The summed E-state index contributed by atoms with van der Waals surface area (Å²) in [6, 6.07) is 19.4. The van der Waals surface area contributed by atoms with E-state index in [0.717, 1.165) is 25.7 Å². The smallest absolute Gasteiger partial charge is 0.266 e. The number of hydrogen-bond donors (Lipinski definition) is 0. The van der Waals surface area contributed by atoms with Crippen LogP contribution in [0.3, 0.4) is 0 Å². The maximum atomic E-state index is 13.8. The van der Waals surface area contributed by atoms with Crippen LogP contribution in [0.2, 0.25) is 0 Å². The molecule has 7 heteroatoms. The van der Waals surface area contributed by atoms with Gasteiger partial charge >= 0.3 is 0 Å². The lowest BCUT2D eigenvalue weighted by Gasteiger charge is -2.31. The molecule has 0 aliphatic heterocycles. The Kier molecular flexibility index (Phi) is 8.33. The van der Waals surface area contributed by atoms with Crippen molar-refractivity contribution in [2.24, 2.45) is 0 Å². The molecule has 0 spiro atoms. The molecule has 1 heterocycles. The summed E-state index contributed by atoms with van der Waals surface area (Å²) in [6.45, 7) is 4.51. The Morgan fingerprint density at radius 3 is 2.38 bits per heavy atom. The van der Waals surface area contributed by atoms with Crippen LogP contribution < -0.4 is 10.3 Å². The van der Waals surface area contributed by atoms with E-state index >= 15 is 0 Å². The van der Waals surface area contributed by atoms with Gasteiger partial charge in [-0.3, -0.25) is 14.2 Å². The van der Waals surface area contributed by atoms with E-state index in [2.05, 4.69) is 6.92 Å². The number of hydrogen-bond acceptors (Lipinski definition) is 4. The predicted molar refractivity (Wildman–Crippen MR) is 144 cm³/mol. The van der Waals surface area contributed by atoms with E-state index in [-0.39, 0.29) is 11.5 Å².